The van der Waals surface area contributed by atoms with Crippen molar-refractivity contribution in [3.8, 4) is 0 Å². The lowest BCUT2D eigenvalue weighted by molar-refractivity contribution is 0.0490. The summed E-state index contributed by atoms with van der Waals surface area (Å²) in [5.41, 5.74) is 1.57. The number of fused-ring (bicyclic) bond motifs is 1. The van der Waals surface area contributed by atoms with Gasteiger partial charge in [-0.2, -0.15) is 0 Å². The van der Waals surface area contributed by atoms with Gasteiger partial charge in [-0.3, -0.25) is 0 Å². The SMILES string of the molecule is CCOC(=O)c1oc2ccccc2c1CN[C@@H](C)c1ccc(F)cc1F. The average Bonchev–Trinajstić information content (AvgIpc) is 2.98. The normalized spacial score (nSPS) is 12.3. The summed E-state index contributed by atoms with van der Waals surface area (Å²) in [7, 11) is 0. The highest BCUT2D eigenvalue weighted by Crippen LogP contribution is 2.27. The van der Waals surface area contributed by atoms with E-state index in [2.05, 4.69) is 5.32 Å². The molecule has 1 N–H and O–H groups in total. The van der Waals surface area contributed by atoms with Gasteiger partial charge in [-0.15, -0.1) is 0 Å². The Balaban J connectivity index is 1.87. The fraction of sp³-hybridized carbons (Fsp3) is 0.250. The van der Waals surface area contributed by atoms with Crippen LogP contribution in [0.1, 0.15) is 41.6 Å². The standard InChI is InChI=1S/C20H19F2NO3/c1-3-25-20(24)19-16(15-6-4-5-7-18(15)26-19)11-23-12(2)14-9-8-13(21)10-17(14)22/h4-10,12,23H,3,11H2,1-2H3/t12-/m0/s1. The number of para-hydroxylation sites is 1. The van der Waals surface area contributed by atoms with E-state index in [1.54, 1.807) is 19.9 Å². The molecule has 0 aliphatic rings. The van der Waals surface area contributed by atoms with Crippen molar-refractivity contribution in [1.82, 2.24) is 5.32 Å². The summed E-state index contributed by atoms with van der Waals surface area (Å²) in [5, 5.41) is 3.95. The lowest BCUT2D eigenvalue weighted by Crippen LogP contribution is -2.20. The van der Waals surface area contributed by atoms with E-state index in [-0.39, 0.29) is 25.0 Å². The third kappa shape index (κ3) is 3.60. The Hall–Kier alpha value is -2.73. The Morgan fingerprint density at radius 1 is 1.23 bits per heavy atom. The number of rotatable bonds is 6. The molecule has 0 aliphatic heterocycles. The maximum atomic E-state index is 14.0. The number of furan rings is 1. The highest BCUT2D eigenvalue weighted by atomic mass is 19.1. The molecule has 1 aromatic heterocycles. The van der Waals surface area contributed by atoms with Crippen LogP contribution in [0.2, 0.25) is 0 Å². The molecule has 0 aliphatic carbocycles. The van der Waals surface area contributed by atoms with Crippen LogP contribution in [0, 0.1) is 11.6 Å². The molecule has 4 nitrogen and oxygen atoms in total. The monoisotopic (exact) mass is 359 g/mol. The lowest BCUT2D eigenvalue weighted by atomic mass is 10.1. The van der Waals surface area contributed by atoms with Crippen LogP contribution in [0.25, 0.3) is 11.0 Å². The molecule has 0 saturated heterocycles. The molecule has 3 rings (SSSR count). The molecule has 0 unspecified atom stereocenters. The Morgan fingerprint density at radius 2 is 2.00 bits per heavy atom. The van der Waals surface area contributed by atoms with E-state index in [1.807, 2.05) is 18.2 Å². The van der Waals surface area contributed by atoms with Gasteiger partial charge in [-0.05, 0) is 26.0 Å². The summed E-state index contributed by atoms with van der Waals surface area (Å²) in [6.45, 7) is 3.99. The first kappa shape index (κ1) is 18.1. The largest absolute Gasteiger partial charge is 0.460 e. The van der Waals surface area contributed by atoms with Crippen LogP contribution < -0.4 is 5.32 Å². The molecule has 1 heterocycles. The molecule has 2 aromatic carbocycles. The predicted molar refractivity (Wildman–Crippen MR) is 93.8 cm³/mol. The smallest absolute Gasteiger partial charge is 0.374 e. The average molecular weight is 359 g/mol. The molecule has 136 valence electrons. The first-order chi connectivity index (χ1) is 12.5. The Labute approximate surface area is 149 Å². The molecule has 6 heteroatoms. The van der Waals surface area contributed by atoms with Crippen molar-refractivity contribution in [3.05, 3.63) is 71.0 Å². The van der Waals surface area contributed by atoms with Crippen LogP contribution >= 0.6 is 0 Å². The zero-order valence-corrected chi connectivity index (χ0v) is 14.5. The lowest BCUT2D eigenvalue weighted by Gasteiger charge is -2.15. The zero-order chi connectivity index (χ0) is 18.7. The number of benzene rings is 2. The fourth-order valence-corrected chi connectivity index (χ4v) is 2.85. The third-order valence-corrected chi connectivity index (χ3v) is 4.17. The van der Waals surface area contributed by atoms with Crippen molar-refractivity contribution in [2.24, 2.45) is 0 Å². The van der Waals surface area contributed by atoms with Crippen LogP contribution in [0.4, 0.5) is 8.78 Å². The van der Waals surface area contributed by atoms with E-state index in [9.17, 15) is 13.6 Å². The van der Waals surface area contributed by atoms with Crippen molar-refractivity contribution >= 4 is 16.9 Å². The van der Waals surface area contributed by atoms with E-state index in [0.717, 1.165) is 11.5 Å². The second-order valence-electron chi connectivity index (χ2n) is 5.89. The van der Waals surface area contributed by atoms with Crippen molar-refractivity contribution in [3.63, 3.8) is 0 Å². The van der Waals surface area contributed by atoms with Crippen LogP contribution in [-0.2, 0) is 11.3 Å². The van der Waals surface area contributed by atoms with E-state index >= 15 is 0 Å². The quantitative estimate of drug-likeness (QED) is 0.646. The first-order valence-corrected chi connectivity index (χ1v) is 8.37. The van der Waals surface area contributed by atoms with Crippen molar-refractivity contribution < 1.29 is 22.7 Å². The van der Waals surface area contributed by atoms with Gasteiger partial charge in [0.05, 0.1) is 6.61 Å². The van der Waals surface area contributed by atoms with Gasteiger partial charge in [-0.25, -0.2) is 13.6 Å². The topological polar surface area (TPSA) is 51.5 Å². The summed E-state index contributed by atoms with van der Waals surface area (Å²) in [6, 6.07) is 10.4. The number of nitrogens with one attached hydrogen (secondary N) is 1. The molecule has 0 spiro atoms. The molecule has 0 fully saturated rings. The fourth-order valence-electron chi connectivity index (χ4n) is 2.85. The third-order valence-electron chi connectivity index (χ3n) is 4.17. The Bertz CT molecular complexity index is 936. The van der Waals surface area contributed by atoms with Crippen LogP contribution in [0.5, 0.6) is 0 Å². The van der Waals surface area contributed by atoms with Crippen molar-refractivity contribution in [2.45, 2.75) is 26.4 Å². The molecule has 0 radical (unpaired) electrons. The van der Waals surface area contributed by atoms with Gasteiger partial charge in [0.2, 0.25) is 5.76 Å². The Kier molecular flexibility index (Phi) is 5.32. The molecular weight excluding hydrogens is 340 g/mol. The number of ether oxygens (including phenoxy) is 1. The summed E-state index contributed by atoms with van der Waals surface area (Å²) in [4.78, 5) is 12.2. The minimum Gasteiger partial charge on any atom is -0.460 e. The van der Waals surface area contributed by atoms with Crippen molar-refractivity contribution in [1.29, 1.82) is 0 Å². The van der Waals surface area contributed by atoms with Gasteiger partial charge in [0.25, 0.3) is 0 Å². The number of esters is 1. The van der Waals surface area contributed by atoms with Crippen LogP contribution in [0.3, 0.4) is 0 Å². The number of hydrogen-bond acceptors (Lipinski definition) is 4. The summed E-state index contributed by atoms with van der Waals surface area (Å²) >= 11 is 0. The van der Waals surface area contributed by atoms with Gasteiger partial charge in [0.15, 0.2) is 0 Å². The van der Waals surface area contributed by atoms with E-state index in [1.165, 1.54) is 12.1 Å². The van der Waals surface area contributed by atoms with Crippen LogP contribution in [-0.4, -0.2) is 12.6 Å². The second-order valence-corrected chi connectivity index (χ2v) is 5.89. The maximum absolute atomic E-state index is 14.0. The Morgan fingerprint density at radius 3 is 2.73 bits per heavy atom. The zero-order valence-electron chi connectivity index (χ0n) is 14.5. The second kappa shape index (κ2) is 7.66. The minimum absolute atomic E-state index is 0.132. The summed E-state index contributed by atoms with van der Waals surface area (Å²) in [5.74, 6) is -1.65. The molecule has 0 bridgehead atoms. The van der Waals surface area contributed by atoms with Crippen LogP contribution in [0.15, 0.2) is 46.9 Å². The first-order valence-electron chi connectivity index (χ1n) is 8.37. The highest BCUT2D eigenvalue weighted by Gasteiger charge is 2.22. The van der Waals surface area contributed by atoms with Gasteiger partial charge in [-0.1, -0.05) is 24.3 Å². The number of carbonyl (C=O) groups excluding carboxylic acids is 1. The number of carbonyl (C=O) groups is 1. The molecule has 1 atom stereocenters. The summed E-state index contributed by atoms with van der Waals surface area (Å²) in [6.07, 6.45) is 0. The highest BCUT2D eigenvalue weighted by molar-refractivity contribution is 5.96. The maximum Gasteiger partial charge on any atom is 0.374 e. The minimum atomic E-state index is -0.621. The molecule has 0 amide bonds. The molecular formula is C20H19F2NO3. The molecule has 26 heavy (non-hydrogen) atoms. The van der Waals surface area contributed by atoms with E-state index in [4.69, 9.17) is 9.15 Å². The van der Waals surface area contributed by atoms with Gasteiger partial charge in [0.1, 0.15) is 17.2 Å². The van der Waals surface area contributed by atoms with Gasteiger partial charge >= 0.3 is 5.97 Å². The summed E-state index contributed by atoms with van der Waals surface area (Å²) < 4.78 is 37.8. The van der Waals surface area contributed by atoms with E-state index < -0.39 is 17.6 Å². The van der Waals surface area contributed by atoms with Crippen molar-refractivity contribution in [2.75, 3.05) is 6.61 Å². The number of hydrogen-bond donors (Lipinski definition) is 1. The molecule has 3 aromatic rings. The predicted octanol–water partition coefficient (Wildman–Crippen LogP) is 4.74. The van der Waals surface area contributed by atoms with Gasteiger partial charge < -0.3 is 14.5 Å². The number of halogens is 2. The van der Waals surface area contributed by atoms with Gasteiger partial charge in [0, 0.05) is 35.2 Å². The molecule has 0 saturated carbocycles. The van der Waals surface area contributed by atoms with E-state index in [0.29, 0.717) is 16.7 Å².